The Balaban J connectivity index is 2.08. The van der Waals surface area contributed by atoms with Gasteiger partial charge >= 0.3 is 0 Å². The maximum Gasteiger partial charge on any atom is 0.153 e. The van der Waals surface area contributed by atoms with Gasteiger partial charge in [-0.3, -0.25) is 4.79 Å². The van der Waals surface area contributed by atoms with Gasteiger partial charge in [0.05, 0.1) is 11.1 Å². The largest absolute Gasteiger partial charge is 0.356 e. The van der Waals surface area contributed by atoms with Crippen LogP contribution in [-0.4, -0.2) is 24.4 Å². The van der Waals surface area contributed by atoms with Crippen molar-refractivity contribution in [2.45, 2.75) is 19.8 Å². The number of anilines is 1. The van der Waals surface area contributed by atoms with E-state index in [2.05, 4.69) is 11.8 Å². The topological polar surface area (TPSA) is 33.2 Å². The highest BCUT2D eigenvalue weighted by Crippen LogP contribution is 2.26. The first-order chi connectivity index (χ1) is 9.28. The lowest BCUT2D eigenvalue weighted by atomic mass is 10.00. The van der Waals surface area contributed by atoms with Gasteiger partial charge in [0, 0.05) is 18.5 Å². The van der Waals surface area contributed by atoms with E-state index in [1.165, 1.54) is 12.8 Å². The average Bonchev–Trinajstić information content (AvgIpc) is 2.46. The predicted molar refractivity (Wildman–Crippen MR) is 77.7 cm³/mol. The van der Waals surface area contributed by atoms with Gasteiger partial charge in [0.2, 0.25) is 0 Å². The highest BCUT2D eigenvalue weighted by Gasteiger charge is 2.20. The Morgan fingerprint density at radius 1 is 1.37 bits per heavy atom. The maximum atomic E-state index is 11.3. The smallest absolute Gasteiger partial charge is 0.153 e. The van der Waals surface area contributed by atoms with Crippen LogP contribution < -0.4 is 4.90 Å². The number of rotatable bonds is 2. The van der Waals surface area contributed by atoms with Crippen molar-refractivity contribution in [2.75, 3.05) is 18.0 Å². The lowest BCUT2D eigenvalue weighted by Gasteiger charge is -2.32. The van der Waals surface area contributed by atoms with Crippen LogP contribution in [0.3, 0.4) is 0 Å². The summed E-state index contributed by atoms with van der Waals surface area (Å²) in [5.74, 6) is 1.52. The lowest BCUT2D eigenvalue weighted by Crippen LogP contribution is -2.35. The Labute approximate surface area is 113 Å². The summed E-state index contributed by atoms with van der Waals surface area (Å²) in [6.07, 6.45) is 3.36. The highest BCUT2D eigenvalue weighted by molar-refractivity contribution is 5.91. The molecule has 1 aromatic carbocycles. The molecule has 19 heavy (non-hydrogen) atoms. The highest BCUT2D eigenvalue weighted by atomic mass is 16.1. The zero-order chi connectivity index (χ0) is 13.2. The van der Waals surface area contributed by atoms with Crippen LogP contribution in [0.1, 0.15) is 30.1 Å². The van der Waals surface area contributed by atoms with E-state index < -0.39 is 0 Å². The fourth-order valence-electron chi connectivity index (χ4n) is 2.84. The standard InChI is InChI=1S/C16H18N2O/c1-12-5-4-8-18(10-12)16-14(11-19)9-13-6-2-3-7-15(13)17-16/h2-3,6-7,9,11-12H,4-5,8,10H2,1H3/t12-/m1/s1. The molecule has 1 fully saturated rings. The van der Waals surface area contributed by atoms with Gasteiger partial charge in [0.25, 0.3) is 0 Å². The lowest BCUT2D eigenvalue weighted by molar-refractivity contribution is 0.112. The average molecular weight is 254 g/mol. The molecule has 3 heteroatoms. The maximum absolute atomic E-state index is 11.3. The van der Waals surface area contributed by atoms with Crippen molar-refractivity contribution < 1.29 is 4.79 Å². The van der Waals surface area contributed by atoms with Crippen molar-refractivity contribution in [1.82, 2.24) is 4.98 Å². The van der Waals surface area contributed by atoms with Gasteiger partial charge in [-0.15, -0.1) is 0 Å². The molecule has 2 aromatic rings. The number of piperidine rings is 1. The summed E-state index contributed by atoms with van der Waals surface area (Å²) >= 11 is 0. The normalized spacial score (nSPS) is 19.6. The number of benzene rings is 1. The van der Waals surface area contributed by atoms with E-state index in [1.807, 2.05) is 30.3 Å². The van der Waals surface area contributed by atoms with E-state index in [1.54, 1.807) is 0 Å². The summed E-state index contributed by atoms with van der Waals surface area (Å²) in [5.41, 5.74) is 1.66. The van der Waals surface area contributed by atoms with Crippen LogP contribution in [0.2, 0.25) is 0 Å². The zero-order valence-corrected chi connectivity index (χ0v) is 11.2. The summed E-state index contributed by atoms with van der Waals surface area (Å²) in [6.45, 7) is 4.25. The van der Waals surface area contributed by atoms with Crippen molar-refractivity contribution >= 4 is 23.0 Å². The Kier molecular flexibility index (Phi) is 3.20. The number of nitrogens with zero attached hydrogens (tertiary/aromatic N) is 2. The SMILES string of the molecule is C[C@@H]1CCCN(c2nc3ccccc3cc2C=O)C1. The molecule has 1 aliphatic heterocycles. The molecule has 98 valence electrons. The predicted octanol–water partition coefficient (Wildman–Crippen LogP) is 3.28. The second kappa shape index (κ2) is 5.00. The van der Waals surface area contributed by atoms with Crippen molar-refractivity contribution in [2.24, 2.45) is 5.92 Å². The van der Waals surface area contributed by atoms with E-state index >= 15 is 0 Å². The minimum absolute atomic E-state index is 0.668. The number of pyridine rings is 1. The first-order valence-corrected chi connectivity index (χ1v) is 6.88. The van der Waals surface area contributed by atoms with Gasteiger partial charge in [-0.1, -0.05) is 25.1 Å². The molecule has 0 unspecified atom stereocenters. The van der Waals surface area contributed by atoms with Crippen LogP contribution >= 0.6 is 0 Å². The summed E-state index contributed by atoms with van der Waals surface area (Å²) < 4.78 is 0. The number of carbonyl (C=O) groups excluding carboxylic acids is 1. The van der Waals surface area contributed by atoms with Crippen molar-refractivity contribution in [3.05, 3.63) is 35.9 Å². The van der Waals surface area contributed by atoms with Crippen LogP contribution in [0.15, 0.2) is 30.3 Å². The molecule has 0 amide bonds. The minimum Gasteiger partial charge on any atom is -0.356 e. The zero-order valence-electron chi connectivity index (χ0n) is 11.2. The van der Waals surface area contributed by atoms with Gasteiger partial charge in [-0.05, 0) is 30.9 Å². The number of aromatic nitrogens is 1. The van der Waals surface area contributed by atoms with E-state index in [0.717, 1.165) is 36.1 Å². The third-order valence-electron chi connectivity index (χ3n) is 3.82. The summed E-state index contributed by atoms with van der Waals surface area (Å²) in [5, 5.41) is 1.03. The van der Waals surface area contributed by atoms with Gasteiger partial charge in [0.1, 0.15) is 5.82 Å². The number of hydrogen-bond donors (Lipinski definition) is 0. The van der Waals surface area contributed by atoms with Crippen molar-refractivity contribution in [1.29, 1.82) is 0 Å². The van der Waals surface area contributed by atoms with E-state index in [-0.39, 0.29) is 0 Å². The van der Waals surface area contributed by atoms with Crippen LogP contribution in [-0.2, 0) is 0 Å². The minimum atomic E-state index is 0.668. The second-order valence-corrected chi connectivity index (χ2v) is 5.41. The van der Waals surface area contributed by atoms with E-state index in [0.29, 0.717) is 11.5 Å². The second-order valence-electron chi connectivity index (χ2n) is 5.41. The van der Waals surface area contributed by atoms with Gasteiger partial charge < -0.3 is 4.90 Å². The summed E-state index contributed by atoms with van der Waals surface area (Å²) in [7, 11) is 0. The molecule has 1 aliphatic rings. The first-order valence-electron chi connectivity index (χ1n) is 6.88. The van der Waals surface area contributed by atoms with Crippen LogP contribution in [0, 0.1) is 5.92 Å². The number of carbonyl (C=O) groups is 1. The molecule has 1 saturated heterocycles. The van der Waals surface area contributed by atoms with Crippen molar-refractivity contribution in [3.8, 4) is 0 Å². The van der Waals surface area contributed by atoms with E-state index in [4.69, 9.17) is 4.98 Å². The third kappa shape index (κ3) is 2.33. The summed E-state index contributed by atoms with van der Waals surface area (Å²) in [4.78, 5) is 18.3. The third-order valence-corrected chi connectivity index (χ3v) is 3.82. The molecule has 2 heterocycles. The molecule has 0 radical (unpaired) electrons. The Hall–Kier alpha value is -1.90. The Bertz CT molecular complexity index is 609. The fourth-order valence-corrected chi connectivity index (χ4v) is 2.84. The molecule has 1 aromatic heterocycles. The van der Waals surface area contributed by atoms with Gasteiger partial charge in [-0.25, -0.2) is 4.98 Å². The molecule has 0 saturated carbocycles. The molecule has 0 spiro atoms. The summed E-state index contributed by atoms with van der Waals surface area (Å²) in [6, 6.07) is 9.91. The molecule has 3 rings (SSSR count). The Morgan fingerprint density at radius 3 is 3.00 bits per heavy atom. The van der Waals surface area contributed by atoms with Gasteiger partial charge in [-0.2, -0.15) is 0 Å². The number of fused-ring (bicyclic) bond motifs is 1. The number of hydrogen-bond acceptors (Lipinski definition) is 3. The monoisotopic (exact) mass is 254 g/mol. The quantitative estimate of drug-likeness (QED) is 0.771. The van der Waals surface area contributed by atoms with E-state index in [9.17, 15) is 4.79 Å². The number of aldehydes is 1. The van der Waals surface area contributed by atoms with Crippen LogP contribution in [0.5, 0.6) is 0 Å². The molecule has 0 bridgehead atoms. The van der Waals surface area contributed by atoms with Crippen LogP contribution in [0.25, 0.3) is 10.9 Å². The Morgan fingerprint density at radius 2 is 2.21 bits per heavy atom. The van der Waals surface area contributed by atoms with Gasteiger partial charge in [0.15, 0.2) is 6.29 Å². The molecular formula is C16H18N2O. The fraction of sp³-hybridized carbons (Fsp3) is 0.375. The molecular weight excluding hydrogens is 236 g/mol. The molecule has 0 aliphatic carbocycles. The first kappa shape index (κ1) is 12.2. The number of para-hydroxylation sites is 1. The van der Waals surface area contributed by atoms with Crippen molar-refractivity contribution in [3.63, 3.8) is 0 Å². The molecule has 3 nitrogen and oxygen atoms in total. The molecule has 1 atom stereocenters. The van der Waals surface area contributed by atoms with Crippen LogP contribution in [0.4, 0.5) is 5.82 Å². The molecule has 0 N–H and O–H groups in total.